The summed E-state index contributed by atoms with van der Waals surface area (Å²) in [5.74, 6) is -1.10. The third-order valence-corrected chi connectivity index (χ3v) is 3.08. The highest BCUT2D eigenvalue weighted by atomic mass is 32.1. The molecule has 0 fully saturated rings. The van der Waals surface area contributed by atoms with Crippen LogP contribution >= 0.6 is 11.3 Å². The topological polar surface area (TPSA) is 62.2 Å². The number of aromatic nitrogens is 1. The summed E-state index contributed by atoms with van der Waals surface area (Å²) in [6, 6.07) is 4.39. The van der Waals surface area contributed by atoms with Crippen LogP contribution in [0.5, 0.6) is 0 Å². The second kappa shape index (κ2) is 4.88. The molecule has 0 spiro atoms. The van der Waals surface area contributed by atoms with E-state index in [2.05, 4.69) is 10.3 Å². The number of rotatable bonds is 3. The van der Waals surface area contributed by atoms with E-state index in [-0.39, 0.29) is 4.88 Å². The molecule has 0 bridgehead atoms. The van der Waals surface area contributed by atoms with E-state index in [1.54, 1.807) is 0 Å². The smallest absolute Gasteiger partial charge is 0.416 e. The zero-order valence-corrected chi connectivity index (χ0v) is 10.0. The molecule has 0 aliphatic carbocycles. The molecule has 8 heteroatoms. The summed E-state index contributed by atoms with van der Waals surface area (Å²) in [5, 5.41) is 11.7. The quantitative estimate of drug-likeness (QED) is 0.905. The van der Waals surface area contributed by atoms with Gasteiger partial charge in [0.05, 0.1) is 11.8 Å². The lowest BCUT2D eigenvalue weighted by Crippen LogP contribution is -2.04. The largest absolute Gasteiger partial charge is 0.477 e. The molecule has 0 aliphatic heterocycles. The summed E-state index contributed by atoms with van der Waals surface area (Å²) in [4.78, 5) is 14.5. The summed E-state index contributed by atoms with van der Waals surface area (Å²) in [7, 11) is 0. The molecule has 0 radical (unpaired) electrons. The van der Waals surface area contributed by atoms with Crippen LogP contribution in [-0.2, 0) is 6.18 Å². The van der Waals surface area contributed by atoms with Gasteiger partial charge in [-0.05, 0) is 24.3 Å². The molecule has 0 atom stereocenters. The molecular formula is C11H7F3N2O2S. The van der Waals surface area contributed by atoms with Crippen LogP contribution in [0.2, 0.25) is 0 Å². The molecule has 0 aliphatic rings. The number of anilines is 2. The summed E-state index contributed by atoms with van der Waals surface area (Å²) in [6.45, 7) is 0. The van der Waals surface area contributed by atoms with E-state index >= 15 is 0 Å². The Balaban J connectivity index is 2.13. The second-order valence-corrected chi connectivity index (χ2v) is 4.57. The molecule has 100 valence electrons. The van der Waals surface area contributed by atoms with E-state index in [1.165, 1.54) is 18.3 Å². The minimum atomic E-state index is -4.38. The Morgan fingerprint density at radius 2 is 1.89 bits per heavy atom. The van der Waals surface area contributed by atoms with Gasteiger partial charge in [-0.25, -0.2) is 9.78 Å². The highest BCUT2D eigenvalue weighted by Gasteiger charge is 2.29. The van der Waals surface area contributed by atoms with Gasteiger partial charge in [0.25, 0.3) is 0 Å². The Morgan fingerprint density at radius 3 is 2.37 bits per heavy atom. The fourth-order valence-corrected chi connectivity index (χ4v) is 1.97. The number of benzene rings is 1. The number of nitrogens with one attached hydrogen (secondary N) is 1. The van der Waals surface area contributed by atoms with E-state index in [9.17, 15) is 18.0 Å². The molecule has 2 rings (SSSR count). The van der Waals surface area contributed by atoms with Crippen molar-refractivity contribution in [2.75, 3.05) is 5.32 Å². The van der Waals surface area contributed by atoms with Crippen molar-refractivity contribution in [2.45, 2.75) is 6.18 Å². The fourth-order valence-electron chi connectivity index (χ4n) is 1.30. The summed E-state index contributed by atoms with van der Waals surface area (Å²) in [6.07, 6.45) is -3.20. The maximum absolute atomic E-state index is 12.3. The number of hydrogen-bond acceptors (Lipinski definition) is 4. The molecule has 0 saturated heterocycles. The molecule has 0 saturated carbocycles. The Hall–Kier alpha value is -2.09. The van der Waals surface area contributed by atoms with Gasteiger partial charge >= 0.3 is 12.1 Å². The van der Waals surface area contributed by atoms with Gasteiger partial charge in [0.15, 0.2) is 5.13 Å². The first-order valence-corrected chi connectivity index (χ1v) is 5.81. The van der Waals surface area contributed by atoms with Crippen molar-refractivity contribution >= 4 is 28.1 Å². The van der Waals surface area contributed by atoms with Crippen molar-refractivity contribution in [3.05, 3.63) is 40.9 Å². The number of halogens is 3. The number of thiazole rings is 1. The van der Waals surface area contributed by atoms with Crippen molar-refractivity contribution in [3.63, 3.8) is 0 Å². The number of carbonyl (C=O) groups is 1. The lowest BCUT2D eigenvalue weighted by Gasteiger charge is -2.07. The van der Waals surface area contributed by atoms with Crippen molar-refractivity contribution in [1.82, 2.24) is 4.98 Å². The first kappa shape index (κ1) is 13.3. The number of alkyl halides is 3. The molecule has 0 amide bonds. The van der Waals surface area contributed by atoms with E-state index in [0.717, 1.165) is 23.5 Å². The van der Waals surface area contributed by atoms with Gasteiger partial charge in [-0.3, -0.25) is 0 Å². The van der Waals surface area contributed by atoms with Crippen LogP contribution in [0.25, 0.3) is 0 Å². The lowest BCUT2D eigenvalue weighted by molar-refractivity contribution is -0.137. The van der Waals surface area contributed by atoms with Gasteiger partial charge < -0.3 is 10.4 Å². The third kappa shape index (κ3) is 3.22. The van der Waals surface area contributed by atoms with Gasteiger partial charge in [0.2, 0.25) is 0 Å². The highest BCUT2D eigenvalue weighted by Crippen LogP contribution is 2.30. The van der Waals surface area contributed by atoms with Crippen molar-refractivity contribution < 1.29 is 23.1 Å². The van der Waals surface area contributed by atoms with Crippen LogP contribution in [0.4, 0.5) is 24.0 Å². The second-order valence-electron chi connectivity index (χ2n) is 3.53. The van der Waals surface area contributed by atoms with Crippen LogP contribution in [0.1, 0.15) is 15.2 Å². The van der Waals surface area contributed by atoms with Crippen LogP contribution in [0.3, 0.4) is 0 Å². The first-order valence-electron chi connectivity index (χ1n) is 4.99. The van der Waals surface area contributed by atoms with E-state index in [1.807, 2.05) is 0 Å². The Bertz CT molecular complexity index is 593. The Labute approximate surface area is 109 Å². The van der Waals surface area contributed by atoms with Gasteiger partial charge in [-0.2, -0.15) is 13.2 Å². The molecule has 2 aromatic rings. The summed E-state index contributed by atoms with van der Waals surface area (Å²) in [5.41, 5.74) is -0.345. The highest BCUT2D eigenvalue weighted by molar-refractivity contribution is 7.17. The molecule has 1 aromatic carbocycles. The lowest BCUT2D eigenvalue weighted by atomic mass is 10.2. The molecule has 0 unspecified atom stereocenters. The zero-order chi connectivity index (χ0) is 14.0. The van der Waals surface area contributed by atoms with E-state index in [0.29, 0.717) is 10.8 Å². The molecular weight excluding hydrogens is 281 g/mol. The fraction of sp³-hybridized carbons (Fsp3) is 0.0909. The third-order valence-electron chi connectivity index (χ3n) is 2.18. The average molecular weight is 288 g/mol. The van der Waals surface area contributed by atoms with Gasteiger partial charge in [-0.15, -0.1) is 0 Å². The standard InChI is InChI=1S/C11H7F3N2O2S/c12-11(13,14)6-1-3-7(4-2-6)16-10-15-5-8(19-10)9(17)18/h1-5H,(H,15,16)(H,17,18). The first-order chi connectivity index (χ1) is 8.86. The Kier molecular flexibility index (Phi) is 3.43. The maximum atomic E-state index is 12.3. The number of aromatic carboxylic acids is 1. The number of hydrogen-bond donors (Lipinski definition) is 2. The van der Waals surface area contributed by atoms with Crippen molar-refractivity contribution in [1.29, 1.82) is 0 Å². The van der Waals surface area contributed by atoms with Crippen molar-refractivity contribution in [2.24, 2.45) is 0 Å². The van der Waals surface area contributed by atoms with E-state index in [4.69, 9.17) is 5.11 Å². The minimum absolute atomic E-state index is 0.0504. The molecule has 2 N–H and O–H groups in total. The average Bonchev–Trinajstić information content (AvgIpc) is 2.77. The van der Waals surface area contributed by atoms with Gasteiger partial charge in [-0.1, -0.05) is 11.3 Å². The van der Waals surface area contributed by atoms with Crippen molar-refractivity contribution in [3.8, 4) is 0 Å². The number of carboxylic acids is 1. The molecule has 1 aromatic heterocycles. The molecule has 1 heterocycles. The monoisotopic (exact) mass is 288 g/mol. The maximum Gasteiger partial charge on any atom is 0.416 e. The SMILES string of the molecule is O=C(O)c1cnc(Nc2ccc(C(F)(F)F)cc2)s1. The number of carboxylic acid groups (broad SMARTS) is 1. The molecule has 19 heavy (non-hydrogen) atoms. The number of nitrogens with zero attached hydrogens (tertiary/aromatic N) is 1. The predicted molar refractivity (Wildman–Crippen MR) is 63.8 cm³/mol. The molecule has 4 nitrogen and oxygen atoms in total. The van der Waals surface area contributed by atoms with Crippen LogP contribution in [0.15, 0.2) is 30.5 Å². The minimum Gasteiger partial charge on any atom is -0.477 e. The van der Waals surface area contributed by atoms with Crippen LogP contribution in [-0.4, -0.2) is 16.1 Å². The van der Waals surface area contributed by atoms with Gasteiger partial charge in [0, 0.05) is 5.69 Å². The van der Waals surface area contributed by atoms with Crippen LogP contribution < -0.4 is 5.32 Å². The zero-order valence-electron chi connectivity index (χ0n) is 9.23. The van der Waals surface area contributed by atoms with Crippen LogP contribution in [0, 0.1) is 0 Å². The van der Waals surface area contributed by atoms with E-state index < -0.39 is 17.7 Å². The predicted octanol–water partition coefficient (Wildman–Crippen LogP) is 3.60. The van der Waals surface area contributed by atoms with Gasteiger partial charge in [0.1, 0.15) is 4.88 Å². The summed E-state index contributed by atoms with van der Waals surface area (Å²) < 4.78 is 37.0. The Morgan fingerprint density at radius 1 is 1.26 bits per heavy atom. The summed E-state index contributed by atoms with van der Waals surface area (Å²) >= 11 is 0.902. The normalized spacial score (nSPS) is 11.3.